The molecule has 21 heavy (non-hydrogen) atoms. The quantitative estimate of drug-likeness (QED) is 0.879. The molecule has 0 fully saturated rings. The van der Waals surface area contributed by atoms with Gasteiger partial charge in [0.1, 0.15) is 0 Å². The largest absolute Gasteiger partial charge is 0.392 e. The molecule has 1 aliphatic rings. The van der Waals surface area contributed by atoms with Crippen molar-refractivity contribution >= 4 is 5.69 Å². The molecule has 0 amide bonds. The molecular formula is C19H23NO. The second-order valence-corrected chi connectivity index (χ2v) is 6.62. The van der Waals surface area contributed by atoms with Crippen molar-refractivity contribution < 1.29 is 5.11 Å². The van der Waals surface area contributed by atoms with Crippen LogP contribution >= 0.6 is 0 Å². The summed E-state index contributed by atoms with van der Waals surface area (Å²) in [4.78, 5) is 0. The van der Waals surface area contributed by atoms with Gasteiger partial charge in [0.25, 0.3) is 0 Å². The van der Waals surface area contributed by atoms with Crippen LogP contribution in [-0.2, 0) is 13.0 Å². The molecule has 0 saturated carbocycles. The van der Waals surface area contributed by atoms with E-state index in [1.54, 1.807) is 0 Å². The van der Waals surface area contributed by atoms with Crippen molar-refractivity contribution in [3.8, 4) is 0 Å². The summed E-state index contributed by atoms with van der Waals surface area (Å²) >= 11 is 0. The van der Waals surface area contributed by atoms with Crippen molar-refractivity contribution in [2.45, 2.75) is 39.3 Å². The Morgan fingerprint density at radius 2 is 1.81 bits per heavy atom. The van der Waals surface area contributed by atoms with Crippen molar-refractivity contribution in [1.82, 2.24) is 0 Å². The second-order valence-electron chi connectivity index (χ2n) is 6.62. The molecule has 0 spiro atoms. The molecule has 3 rings (SSSR count). The first-order valence-electron chi connectivity index (χ1n) is 7.64. The Kier molecular flexibility index (Phi) is 3.73. The lowest BCUT2D eigenvalue weighted by Gasteiger charge is -2.41. The van der Waals surface area contributed by atoms with Crippen LogP contribution in [0.2, 0.25) is 0 Å². The van der Waals surface area contributed by atoms with Gasteiger partial charge in [-0.15, -0.1) is 0 Å². The summed E-state index contributed by atoms with van der Waals surface area (Å²) in [5, 5.41) is 12.8. The van der Waals surface area contributed by atoms with E-state index in [1.165, 1.54) is 17.5 Å². The minimum Gasteiger partial charge on any atom is -0.392 e. The third kappa shape index (κ3) is 2.81. The maximum absolute atomic E-state index is 9.14. The number of fused-ring (bicyclic) bond motifs is 1. The first-order valence-corrected chi connectivity index (χ1v) is 7.64. The zero-order chi connectivity index (χ0) is 14.9. The average molecular weight is 281 g/mol. The number of aliphatic hydroxyl groups is 1. The molecule has 0 saturated heterocycles. The van der Waals surface area contributed by atoms with Gasteiger partial charge >= 0.3 is 0 Å². The van der Waals surface area contributed by atoms with Gasteiger partial charge in [0.2, 0.25) is 0 Å². The highest BCUT2D eigenvalue weighted by molar-refractivity contribution is 5.49. The number of nitrogens with one attached hydrogen (secondary N) is 1. The Morgan fingerprint density at radius 3 is 2.52 bits per heavy atom. The van der Waals surface area contributed by atoms with E-state index in [4.69, 9.17) is 5.11 Å². The summed E-state index contributed by atoms with van der Waals surface area (Å²) in [5.74, 6) is 0. The summed E-state index contributed by atoms with van der Waals surface area (Å²) in [6.07, 6.45) is 2.35. The highest BCUT2D eigenvalue weighted by Gasteiger charge is 2.35. The number of hydrogen-bond acceptors (Lipinski definition) is 2. The average Bonchev–Trinajstić information content (AvgIpc) is 2.51. The minimum atomic E-state index is 0.0953. The Balaban J connectivity index is 1.91. The molecule has 0 heterocycles. The van der Waals surface area contributed by atoms with Crippen LogP contribution < -0.4 is 5.32 Å². The maximum atomic E-state index is 9.14. The zero-order valence-electron chi connectivity index (χ0n) is 12.8. The third-order valence-corrected chi connectivity index (χ3v) is 4.63. The van der Waals surface area contributed by atoms with Gasteiger partial charge in [-0.3, -0.25) is 0 Å². The van der Waals surface area contributed by atoms with Gasteiger partial charge in [0.05, 0.1) is 12.6 Å². The second kappa shape index (κ2) is 5.53. The smallest absolute Gasteiger partial charge is 0.0681 e. The molecule has 0 radical (unpaired) electrons. The Labute approximate surface area is 126 Å². The van der Waals surface area contributed by atoms with Crippen LogP contribution in [0.4, 0.5) is 5.69 Å². The van der Waals surface area contributed by atoms with Crippen LogP contribution in [0.15, 0.2) is 48.5 Å². The number of hydrogen-bond donors (Lipinski definition) is 2. The van der Waals surface area contributed by atoms with Gasteiger partial charge in [0.15, 0.2) is 0 Å². The van der Waals surface area contributed by atoms with Crippen LogP contribution in [0.3, 0.4) is 0 Å². The van der Waals surface area contributed by atoms with Crippen LogP contribution in [0.25, 0.3) is 0 Å². The van der Waals surface area contributed by atoms with Crippen molar-refractivity contribution in [3.63, 3.8) is 0 Å². The fraction of sp³-hybridized carbons (Fsp3) is 0.368. The predicted octanol–water partition coefficient (Wildman–Crippen LogP) is 4.30. The molecule has 2 heteroatoms. The standard InChI is InChI=1S/C19H23NO/c1-19(2)12-11-15-5-3-4-6-17(15)18(19)20-16-9-7-14(13-21)8-10-16/h3-10,18,20-21H,11-13H2,1-2H3. The van der Waals surface area contributed by atoms with Crippen LogP contribution in [0.5, 0.6) is 0 Å². The molecule has 2 nitrogen and oxygen atoms in total. The lowest BCUT2D eigenvalue weighted by Crippen LogP contribution is -2.33. The van der Waals surface area contributed by atoms with Crippen molar-refractivity contribution in [2.75, 3.05) is 5.32 Å². The van der Waals surface area contributed by atoms with Gasteiger partial charge < -0.3 is 10.4 Å². The molecular weight excluding hydrogens is 258 g/mol. The normalized spacial score (nSPS) is 19.9. The number of benzene rings is 2. The summed E-state index contributed by atoms with van der Waals surface area (Å²) in [6, 6.07) is 17.1. The van der Waals surface area contributed by atoms with E-state index < -0.39 is 0 Å². The fourth-order valence-electron chi connectivity index (χ4n) is 3.21. The van der Waals surface area contributed by atoms with Gasteiger partial charge in [-0.25, -0.2) is 0 Å². The van der Waals surface area contributed by atoms with E-state index in [9.17, 15) is 0 Å². The maximum Gasteiger partial charge on any atom is 0.0681 e. The Morgan fingerprint density at radius 1 is 1.10 bits per heavy atom. The van der Waals surface area contributed by atoms with Crippen LogP contribution in [0, 0.1) is 5.41 Å². The van der Waals surface area contributed by atoms with E-state index in [1.807, 2.05) is 12.1 Å². The van der Waals surface area contributed by atoms with Crippen molar-refractivity contribution in [1.29, 1.82) is 0 Å². The molecule has 0 aliphatic heterocycles. The topological polar surface area (TPSA) is 32.3 Å². The molecule has 1 atom stereocenters. The molecule has 110 valence electrons. The molecule has 0 bridgehead atoms. The highest BCUT2D eigenvalue weighted by atomic mass is 16.3. The highest BCUT2D eigenvalue weighted by Crippen LogP contribution is 2.45. The van der Waals surface area contributed by atoms with Gasteiger partial charge in [0, 0.05) is 5.69 Å². The van der Waals surface area contributed by atoms with E-state index in [0.29, 0.717) is 6.04 Å². The van der Waals surface area contributed by atoms with Crippen molar-refractivity contribution in [2.24, 2.45) is 5.41 Å². The molecule has 0 aromatic heterocycles. The van der Waals surface area contributed by atoms with Crippen LogP contribution in [-0.4, -0.2) is 5.11 Å². The number of rotatable bonds is 3. The summed E-state index contributed by atoms with van der Waals surface area (Å²) in [6.45, 7) is 4.77. The summed E-state index contributed by atoms with van der Waals surface area (Å²) in [5.41, 5.74) is 5.16. The lowest BCUT2D eigenvalue weighted by atomic mass is 9.70. The Bertz CT molecular complexity index is 616. The van der Waals surface area contributed by atoms with E-state index >= 15 is 0 Å². The summed E-state index contributed by atoms with van der Waals surface area (Å²) < 4.78 is 0. The number of aliphatic hydroxyl groups excluding tert-OH is 1. The lowest BCUT2D eigenvalue weighted by molar-refractivity contribution is 0.265. The number of anilines is 1. The minimum absolute atomic E-state index is 0.0953. The zero-order valence-corrected chi connectivity index (χ0v) is 12.8. The van der Waals surface area contributed by atoms with Gasteiger partial charge in [-0.1, -0.05) is 50.2 Å². The molecule has 1 aliphatic carbocycles. The van der Waals surface area contributed by atoms with Crippen molar-refractivity contribution in [3.05, 3.63) is 65.2 Å². The molecule has 1 unspecified atom stereocenters. The third-order valence-electron chi connectivity index (χ3n) is 4.63. The predicted molar refractivity (Wildman–Crippen MR) is 87.3 cm³/mol. The van der Waals surface area contributed by atoms with E-state index in [-0.39, 0.29) is 12.0 Å². The summed E-state index contributed by atoms with van der Waals surface area (Å²) in [7, 11) is 0. The molecule has 2 N–H and O–H groups in total. The first kappa shape index (κ1) is 14.2. The first-order chi connectivity index (χ1) is 10.1. The molecule has 2 aromatic rings. The van der Waals surface area contributed by atoms with Gasteiger partial charge in [-0.2, -0.15) is 0 Å². The molecule has 2 aromatic carbocycles. The van der Waals surface area contributed by atoms with Gasteiger partial charge in [-0.05, 0) is 47.1 Å². The Hall–Kier alpha value is -1.80. The van der Waals surface area contributed by atoms with E-state index in [2.05, 4.69) is 55.6 Å². The van der Waals surface area contributed by atoms with E-state index in [0.717, 1.165) is 17.7 Å². The monoisotopic (exact) mass is 281 g/mol. The fourth-order valence-corrected chi connectivity index (χ4v) is 3.21. The van der Waals surface area contributed by atoms with Crippen LogP contribution in [0.1, 0.15) is 43.0 Å². The SMILES string of the molecule is CC1(C)CCc2ccccc2C1Nc1ccc(CO)cc1. The number of aryl methyl sites for hydroxylation is 1.